The first-order valence-corrected chi connectivity index (χ1v) is 10.4. The number of hydrogen-bond acceptors (Lipinski definition) is 5. The Hall–Kier alpha value is -3.87. The molecule has 2 aromatic heterocycles. The molecule has 0 radical (unpaired) electrons. The summed E-state index contributed by atoms with van der Waals surface area (Å²) in [5, 5.41) is 4.31. The molecule has 0 fully saturated rings. The molecule has 0 aliphatic heterocycles. The molecular weight excluding hydrogens is 407 g/mol. The molecule has 0 saturated heterocycles. The minimum Gasteiger partial charge on any atom is -0.497 e. The second kappa shape index (κ2) is 9.09. The number of halogens is 1. The van der Waals surface area contributed by atoms with Crippen LogP contribution in [0.15, 0.2) is 67.1 Å². The fraction of sp³-hybridized carbons (Fsp3) is 0.200. The van der Waals surface area contributed by atoms with E-state index in [1.165, 1.54) is 12.1 Å². The summed E-state index contributed by atoms with van der Waals surface area (Å²) in [5.74, 6) is 1.17. The fourth-order valence-electron chi connectivity index (χ4n) is 3.55. The van der Waals surface area contributed by atoms with Gasteiger partial charge in [0.2, 0.25) is 0 Å². The van der Waals surface area contributed by atoms with Gasteiger partial charge in [-0.05, 0) is 55.3 Å². The summed E-state index contributed by atoms with van der Waals surface area (Å²) >= 11 is 0. The summed E-state index contributed by atoms with van der Waals surface area (Å²) in [6.07, 6.45) is 5.03. The molecule has 0 unspecified atom stereocenters. The van der Waals surface area contributed by atoms with Gasteiger partial charge < -0.3 is 15.2 Å². The predicted molar refractivity (Wildman–Crippen MR) is 123 cm³/mol. The summed E-state index contributed by atoms with van der Waals surface area (Å²) in [7, 11) is 1.61. The first kappa shape index (κ1) is 21.4. The number of nitrogen functional groups attached to an aromatic ring is 1. The lowest BCUT2D eigenvalue weighted by atomic mass is 9.96. The number of benzene rings is 2. The number of pyridine rings is 1. The van der Waals surface area contributed by atoms with Crippen molar-refractivity contribution >= 4 is 5.82 Å². The van der Waals surface area contributed by atoms with Gasteiger partial charge in [0.25, 0.3) is 0 Å². The Morgan fingerprint density at radius 3 is 2.50 bits per heavy atom. The van der Waals surface area contributed by atoms with Crippen LogP contribution in [0.4, 0.5) is 10.2 Å². The molecule has 4 aromatic rings. The third kappa shape index (κ3) is 4.42. The van der Waals surface area contributed by atoms with E-state index in [9.17, 15) is 4.39 Å². The van der Waals surface area contributed by atoms with Gasteiger partial charge in [0.1, 0.15) is 17.7 Å². The highest BCUT2D eigenvalue weighted by molar-refractivity contribution is 5.69. The molecule has 7 heteroatoms. The van der Waals surface area contributed by atoms with Gasteiger partial charge in [-0.1, -0.05) is 18.2 Å². The number of aryl methyl sites for hydroxylation is 1. The van der Waals surface area contributed by atoms with Crippen LogP contribution in [0.1, 0.15) is 25.5 Å². The van der Waals surface area contributed by atoms with Crippen LogP contribution in [-0.2, 0) is 6.54 Å². The van der Waals surface area contributed by atoms with E-state index in [2.05, 4.69) is 10.1 Å². The number of methoxy groups -OCH3 is 1. The van der Waals surface area contributed by atoms with Crippen molar-refractivity contribution in [2.45, 2.75) is 26.5 Å². The fourth-order valence-corrected chi connectivity index (χ4v) is 3.55. The van der Waals surface area contributed by atoms with E-state index in [4.69, 9.17) is 15.2 Å². The minimum atomic E-state index is -0.398. The van der Waals surface area contributed by atoms with Crippen LogP contribution in [0.3, 0.4) is 0 Å². The summed E-state index contributed by atoms with van der Waals surface area (Å²) in [4.78, 5) is 4.29. The zero-order valence-corrected chi connectivity index (χ0v) is 18.2. The number of nitrogens with zero attached hydrogens (tertiary/aromatic N) is 3. The number of nitrogens with two attached hydrogens (primary N) is 1. The molecule has 0 bridgehead atoms. The van der Waals surface area contributed by atoms with Crippen molar-refractivity contribution in [3.8, 4) is 33.8 Å². The van der Waals surface area contributed by atoms with Crippen LogP contribution in [0.5, 0.6) is 11.5 Å². The molecule has 0 spiro atoms. The third-order valence-corrected chi connectivity index (χ3v) is 5.33. The topological polar surface area (TPSA) is 75.2 Å². The van der Waals surface area contributed by atoms with E-state index >= 15 is 0 Å². The summed E-state index contributed by atoms with van der Waals surface area (Å²) in [6.45, 7) is 4.71. The Balaban J connectivity index is 1.65. The van der Waals surface area contributed by atoms with Gasteiger partial charge >= 0.3 is 0 Å². The Morgan fingerprint density at radius 2 is 1.81 bits per heavy atom. The number of anilines is 1. The molecule has 32 heavy (non-hydrogen) atoms. The third-order valence-electron chi connectivity index (χ3n) is 5.33. The van der Waals surface area contributed by atoms with Crippen LogP contribution < -0.4 is 15.2 Å². The van der Waals surface area contributed by atoms with Crippen molar-refractivity contribution in [2.75, 3.05) is 12.8 Å². The number of hydrogen-bond donors (Lipinski definition) is 1. The van der Waals surface area contributed by atoms with Crippen LogP contribution in [0.25, 0.3) is 22.3 Å². The molecule has 6 nitrogen and oxygen atoms in total. The molecule has 2 aromatic carbocycles. The maximum Gasteiger partial charge on any atom is 0.166 e. The van der Waals surface area contributed by atoms with Crippen molar-refractivity contribution < 1.29 is 13.9 Å². The molecule has 4 rings (SSSR count). The maximum atomic E-state index is 14.1. The Kier molecular flexibility index (Phi) is 6.07. The van der Waals surface area contributed by atoms with Crippen molar-refractivity contribution in [3.05, 3.63) is 78.5 Å². The lowest BCUT2D eigenvalue weighted by Gasteiger charge is -2.20. The van der Waals surface area contributed by atoms with Crippen LogP contribution in [-0.4, -0.2) is 21.9 Å². The second-order valence-corrected chi connectivity index (χ2v) is 7.41. The van der Waals surface area contributed by atoms with Gasteiger partial charge in [-0.15, -0.1) is 0 Å². The average Bonchev–Trinajstić information content (AvgIpc) is 3.30. The highest BCUT2D eigenvalue weighted by Crippen LogP contribution is 2.35. The molecule has 0 aliphatic rings. The largest absolute Gasteiger partial charge is 0.497 e. The monoisotopic (exact) mass is 432 g/mol. The summed E-state index contributed by atoms with van der Waals surface area (Å²) < 4.78 is 27.4. The van der Waals surface area contributed by atoms with Crippen LogP contribution in [0.2, 0.25) is 0 Å². The van der Waals surface area contributed by atoms with Gasteiger partial charge in [-0.25, -0.2) is 9.37 Å². The van der Waals surface area contributed by atoms with Crippen LogP contribution >= 0.6 is 0 Å². The number of aromatic nitrogens is 3. The van der Waals surface area contributed by atoms with E-state index in [0.717, 1.165) is 40.1 Å². The quantitative estimate of drug-likeness (QED) is 0.417. The molecule has 0 saturated carbocycles. The van der Waals surface area contributed by atoms with E-state index in [-0.39, 0.29) is 11.6 Å². The average molecular weight is 432 g/mol. The van der Waals surface area contributed by atoms with E-state index in [1.807, 2.05) is 55.1 Å². The zero-order valence-electron chi connectivity index (χ0n) is 18.2. The molecule has 0 aliphatic carbocycles. The second-order valence-electron chi connectivity index (χ2n) is 7.41. The Bertz CT molecular complexity index is 1220. The van der Waals surface area contributed by atoms with Crippen molar-refractivity contribution in [2.24, 2.45) is 0 Å². The predicted octanol–water partition coefficient (Wildman–Crippen LogP) is 5.50. The molecule has 164 valence electrons. The smallest absolute Gasteiger partial charge is 0.166 e. The first-order chi connectivity index (χ1) is 15.5. The Labute approximate surface area is 186 Å². The lowest BCUT2D eigenvalue weighted by molar-refractivity contribution is 0.228. The summed E-state index contributed by atoms with van der Waals surface area (Å²) in [5.41, 5.74) is 10.3. The molecular formula is C25H25FN4O2. The van der Waals surface area contributed by atoms with Gasteiger partial charge in [0.05, 0.1) is 13.3 Å². The van der Waals surface area contributed by atoms with Crippen molar-refractivity contribution in [3.63, 3.8) is 0 Å². The van der Waals surface area contributed by atoms with Gasteiger partial charge in [0.15, 0.2) is 11.6 Å². The minimum absolute atomic E-state index is 0.289. The molecule has 1 atom stereocenters. The number of ether oxygens (including phenoxy) is 2. The van der Waals surface area contributed by atoms with E-state index in [1.54, 1.807) is 25.6 Å². The molecule has 2 N–H and O–H groups in total. The standard InChI is InChI=1S/C25H25FN4O2/c1-4-30-15-19(14-29-30)18-11-24(25(27)28-13-18)32-16(2)22-10-7-20(26)12-23(22)17-5-8-21(31-3)9-6-17/h5-16H,4H2,1-3H3,(H2,27,28)/t16-/m1/s1. The van der Waals surface area contributed by atoms with Crippen LogP contribution in [0, 0.1) is 5.82 Å². The van der Waals surface area contributed by atoms with Crippen molar-refractivity contribution in [1.29, 1.82) is 0 Å². The van der Waals surface area contributed by atoms with E-state index < -0.39 is 6.10 Å². The first-order valence-electron chi connectivity index (χ1n) is 10.4. The highest BCUT2D eigenvalue weighted by Gasteiger charge is 2.17. The molecule has 0 amide bonds. The lowest BCUT2D eigenvalue weighted by Crippen LogP contribution is -2.08. The SMILES string of the molecule is CCn1cc(-c2cnc(N)c(O[C@H](C)c3ccc(F)cc3-c3ccc(OC)cc3)c2)cn1. The normalized spacial score (nSPS) is 11.9. The summed E-state index contributed by atoms with van der Waals surface area (Å²) in [6, 6.07) is 14.0. The van der Waals surface area contributed by atoms with Gasteiger partial charge in [-0.2, -0.15) is 5.10 Å². The maximum absolute atomic E-state index is 14.1. The molecule has 2 heterocycles. The zero-order chi connectivity index (χ0) is 22.7. The van der Waals surface area contributed by atoms with Gasteiger partial charge in [-0.3, -0.25) is 4.68 Å². The Morgan fingerprint density at radius 1 is 1.03 bits per heavy atom. The van der Waals surface area contributed by atoms with Crippen molar-refractivity contribution in [1.82, 2.24) is 14.8 Å². The number of rotatable bonds is 7. The highest BCUT2D eigenvalue weighted by atomic mass is 19.1. The van der Waals surface area contributed by atoms with Gasteiger partial charge in [0, 0.05) is 35.6 Å². The van der Waals surface area contributed by atoms with E-state index in [0.29, 0.717) is 5.75 Å².